The molecule has 1 aliphatic carbocycles. The largest absolute Gasteiger partial charge is 0.355 e. The monoisotopic (exact) mass is 457 g/mol. The summed E-state index contributed by atoms with van der Waals surface area (Å²) in [6, 6.07) is 1.27. The van der Waals surface area contributed by atoms with Gasteiger partial charge in [0.1, 0.15) is 0 Å². The van der Waals surface area contributed by atoms with E-state index in [9.17, 15) is 8.42 Å². The first-order valence-electron chi connectivity index (χ1n) is 8.27. The second-order valence-corrected chi connectivity index (χ2v) is 8.51. The van der Waals surface area contributed by atoms with Gasteiger partial charge >= 0.3 is 0 Å². The highest BCUT2D eigenvalue weighted by Gasteiger charge is 2.34. The van der Waals surface area contributed by atoms with E-state index in [1.807, 2.05) is 0 Å². The standard InChI is InChI=1S/C14H27N5O2S.HI/c1-15-14(16-6-9-19-7-2-10-22(19,20)21)17-12-5-8-18(11-12)13-3-4-13;/h12-13H,2-11H2,1H3,(H2,15,16,17);1H. The summed E-state index contributed by atoms with van der Waals surface area (Å²) in [5, 5.41) is 6.69. The van der Waals surface area contributed by atoms with Crippen LogP contribution >= 0.6 is 24.0 Å². The second kappa shape index (κ2) is 8.30. The number of rotatable bonds is 5. The molecule has 23 heavy (non-hydrogen) atoms. The summed E-state index contributed by atoms with van der Waals surface area (Å²) in [7, 11) is -1.24. The van der Waals surface area contributed by atoms with Crippen molar-refractivity contribution in [2.45, 2.75) is 37.8 Å². The molecular weight excluding hydrogens is 429 g/mol. The Hall–Kier alpha value is -0.130. The predicted molar refractivity (Wildman–Crippen MR) is 103 cm³/mol. The van der Waals surface area contributed by atoms with Gasteiger partial charge in [0.05, 0.1) is 5.75 Å². The molecule has 0 aromatic heterocycles. The van der Waals surface area contributed by atoms with Crippen LogP contribution in [0.1, 0.15) is 25.7 Å². The van der Waals surface area contributed by atoms with Gasteiger partial charge in [-0.05, 0) is 25.7 Å². The highest BCUT2D eigenvalue weighted by molar-refractivity contribution is 14.0. The Morgan fingerprint density at radius 2 is 2.04 bits per heavy atom. The average molecular weight is 457 g/mol. The van der Waals surface area contributed by atoms with E-state index in [1.54, 1.807) is 11.4 Å². The van der Waals surface area contributed by atoms with Crippen LogP contribution < -0.4 is 10.6 Å². The Morgan fingerprint density at radius 3 is 2.65 bits per heavy atom. The van der Waals surface area contributed by atoms with Gasteiger partial charge in [-0.3, -0.25) is 9.89 Å². The van der Waals surface area contributed by atoms with Gasteiger partial charge in [0.2, 0.25) is 10.0 Å². The average Bonchev–Trinajstić information content (AvgIpc) is 3.14. The zero-order valence-corrected chi connectivity index (χ0v) is 16.8. The van der Waals surface area contributed by atoms with Gasteiger partial charge in [0.15, 0.2) is 5.96 Å². The maximum atomic E-state index is 11.7. The topological polar surface area (TPSA) is 77.0 Å². The minimum absolute atomic E-state index is 0. The molecule has 9 heteroatoms. The summed E-state index contributed by atoms with van der Waals surface area (Å²) in [4.78, 5) is 6.80. The van der Waals surface area contributed by atoms with E-state index in [1.165, 1.54) is 19.4 Å². The van der Waals surface area contributed by atoms with E-state index in [4.69, 9.17) is 0 Å². The Bertz CT molecular complexity index is 523. The first-order valence-corrected chi connectivity index (χ1v) is 9.88. The predicted octanol–water partition coefficient (Wildman–Crippen LogP) is 0.0416. The van der Waals surface area contributed by atoms with E-state index >= 15 is 0 Å². The third-order valence-corrected chi connectivity index (χ3v) is 6.66. The fraction of sp³-hybridized carbons (Fsp3) is 0.929. The van der Waals surface area contributed by atoms with Gasteiger partial charge in [-0.15, -0.1) is 24.0 Å². The molecule has 3 rings (SSSR count). The lowest BCUT2D eigenvalue weighted by Crippen LogP contribution is -2.46. The molecule has 0 spiro atoms. The van der Waals surface area contributed by atoms with Gasteiger partial charge in [-0.25, -0.2) is 12.7 Å². The summed E-state index contributed by atoms with van der Waals surface area (Å²) < 4.78 is 25.0. The molecule has 134 valence electrons. The van der Waals surface area contributed by atoms with Crippen LogP contribution in [0, 0.1) is 0 Å². The van der Waals surface area contributed by atoms with Crippen molar-refractivity contribution in [1.29, 1.82) is 0 Å². The fourth-order valence-corrected chi connectivity index (χ4v) is 4.83. The number of halogens is 1. The van der Waals surface area contributed by atoms with Crippen LogP contribution in [0.4, 0.5) is 0 Å². The molecule has 7 nitrogen and oxygen atoms in total. The minimum atomic E-state index is -3.00. The van der Waals surface area contributed by atoms with Gasteiger partial charge in [0, 0.05) is 51.9 Å². The van der Waals surface area contributed by atoms with E-state index in [2.05, 4.69) is 20.5 Å². The molecule has 1 saturated carbocycles. The van der Waals surface area contributed by atoms with Crippen LogP contribution in [0.5, 0.6) is 0 Å². The number of hydrogen-bond donors (Lipinski definition) is 2. The molecule has 3 aliphatic rings. The second-order valence-electron chi connectivity index (χ2n) is 6.42. The zero-order valence-electron chi connectivity index (χ0n) is 13.7. The molecule has 0 aromatic rings. The van der Waals surface area contributed by atoms with Gasteiger partial charge < -0.3 is 10.6 Å². The number of guanidine groups is 1. The summed E-state index contributed by atoms with van der Waals surface area (Å²) in [6.07, 6.45) is 4.60. The van der Waals surface area contributed by atoms with Crippen molar-refractivity contribution in [2.24, 2.45) is 4.99 Å². The number of nitrogens with zero attached hydrogens (tertiary/aromatic N) is 3. The van der Waals surface area contributed by atoms with Crippen molar-refractivity contribution in [3.8, 4) is 0 Å². The third-order valence-electron chi connectivity index (χ3n) is 4.70. The fourth-order valence-electron chi connectivity index (χ4n) is 3.31. The smallest absolute Gasteiger partial charge is 0.214 e. The molecule has 0 amide bonds. The zero-order chi connectivity index (χ0) is 15.6. The summed E-state index contributed by atoms with van der Waals surface area (Å²) in [5.41, 5.74) is 0. The van der Waals surface area contributed by atoms with E-state index in [0.717, 1.165) is 31.4 Å². The number of likely N-dealkylation sites (tertiary alicyclic amines) is 1. The number of hydrogen-bond acceptors (Lipinski definition) is 4. The first-order chi connectivity index (χ1) is 10.6. The van der Waals surface area contributed by atoms with Crippen LogP contribution in [-0.4, -0.2) is 81.2 Å². The van der Waals surface area contributed by atoms with Crippen LogP contribution in [0.2, 0.25) is 0 Å². The van der Waals surface area contributed by atoms with Crippen molar-refractivity contribution in [1.82, 2.24) is 19.8 Å². The van der Waals surface area contributed by atoms with E-state index in [-0.39, 0.29) is 24.0 Å². The van der Waals surface area contributed by atoms with Crippen molar-refractivity contribution in [3.05, 3.63) is 0 Å². The SMILES string of the molecule is CN=C(NCCN1CCCS1(=O)=O)NC1CCN(C2CC2)C1.I. The normalized spacial score (nSPS) is 28.6. The van der Waals surface area contributed by atoms with E-state index < -0.39 is 10.0 Å². The number of nitrogens with one attached hydrogen (secondary N) is 2. The molecule has 2 heterocycles. The van der Waals surface area contributed by atoms with Gasteiger partial charge in [-0.1, -0.05) is 0 Å². The molecule has 1 unspecified atom stereocenters. The summed E-state index contributed by atoms with van der Waals surface area (Å²) in [5.74, 6) is 1.07. The number of aliphatic imine (C=N–C) groups is 1. The Morgan fingerprint density at radius 1 is 1.26 bits per heavy atom. The molecule has 2 aliphatic heterocycles. The molecule has 3 fully saturated rings. The van der Waals surface area contributed by atoms with Crippen LogP contribution in [0.3, 0.4) is 0 Å². The number of sulfonamides is 1. The third kappa shape index (κ3) is 5.17. The van der Waals surface area contributed by atoms with Crippen molar-refractivity contribution < 1.29 is 8.42 Å². The van der Waals surface area contributed by atoms with Crippen LogP contribution in [0.25, 0.3) is 0 Å². The lowest BCUT2D eigenvalue weighted by Gasteiger charge is -2.20. The molecule has 0 bridgehead atoms. The summed E-state index contributed by atoms with van der Waals surface area (Å²) in [6.45, 7) is 4.02. The summed E-state index contributed by atoms with van der Waals surface area (Å²) >= 11 is 0. The van der Waals surface area contributed by atoms with Gasteiger partial charge in [0.25, 0.3) is 0 Å². The highest BCUT2D eigenvalue weighted by Crippen LogP contribution is 2.29. The Kier molecular flexibility index (Phi) is 6.93. The van der Waals surface area contributed by atoms with Crippen molar-refractivity contribution >= 4 is 40.0 Å². The maximum Gasteiger partial charge on any atom is 0.214 e. The van der Waals surface area contributed by atoms with E-state index in [0.29, 0.717) is 31.4 Å². The molecule has 2 N–H and O–H groups in total. The minimum Gasteiger partial charge on any atom is -0.355 e. The molecule has 1 atom stereocenters. The molecular formula is C14H28IN5O2S. The molecule has 0 radical (unpaired) electrons. The lowest BCUT2D eigenvalue weighted by atomic mass is 10.3. The molecule has 0 aromatic carbocycles. The highest BCUT2D eigenvalue weighted by atomic mass is 127. The van der Waals surface area contributed by atoms with Gasteiger partial charge in [-0.2, -0.15) is 0 Å². The van der Waals surface area contributed by atoms with Crippen LogP contribution in [0.15, 0.2) is 4.99 Å². The van der Waals surface area contributed by atoms with Crippen molar-refractivity contribution in [3.63, 3.8) is 0 Å². The first kappa shape index (κ1) is 19.2. The Labute approximate surface area is 156 Å². The van der Waals surface area contributed by atoms with Crippen molar-refractivity contribution in [2.75, 3.05) is 45.5 Å². The Balaban J connectivity index is 0.00000192. The quantitative estimate of drug-likeness (QED) is 0.347. The maximum absolute atomic E-state index is 11.7. The molecule has 2 saturated heterocycles. The van der Waals surface area contributed by atoms with Crippen LogP contribution in [-0.2, 0) is 10.0 Å². The lowest BCUT2D eigenvalue weighted by molar-refractivity contribution is 0.321.